The standard InChI is InChI=1S/C12H21N3O4/c1-8(2)11(18)14-3-5-15(6-4-14)12(19)9(13)7-10(16)17/h8-9H,3-7,13H2,1-2H3,(H,16,17). The average molecular weight is 271 g/mol. The Morgan fingerprint density at radius 3 is 1.84 bits per heavy atom. The third kappa shape index (κ3) is 4.20. The molecule has 1 fully saturated rings. The molecule has 0 saturated carbocycles. The molecule has 0 aromatic carbocycles. The first-order valence-corrected chi connectivity index (χ1v) is 6.38. The molecule has 19 heavy (non-hydrogen) atoms. The molecular weight excluding hydrogens is 250 g/mol. The van der Waals surface area contributed by atoms with Crippen LogP contribution in [0.3, 0.4) is 0 Å². The van der Waals surface area contributed by atoms with Gasteiger partial charge in [0.15, 0.2) is 0 Å². The number of nitrogens with zero attached hydrogens (tertiary/aromatic N) is 2. The minimum absolute atomic E-state index is 0.0588. The topological polar surface area (TPSA) is 104 Å². The molecule has 0 spiro atoms. The molecule has 0 aromatic rings. The molecule has 1 atom stereocenters. The SMILES string of the molecule is CC(C)C(=O)N1CCN(C(=O)C(N)CC(=O)O)CC1. The number of aliphatic carboxylic acids is 1. The largest absolute Gasteiger partial charge is 0.481 e. The van der Waals surface area contributed by atoms with Crippen molar-refractivity contribution < 1.29 is 19.5 Å². The molecule has 108 valence electrons. The van der Waals surface area contributed by atoms with Crippen molar-refractivity contribution in [1.82, 2.24) is 9.80 Å². The van der Waals surface area contributed by atoms with Gasteiger partial charge in [-0.1, -0.05) is 13.8 Å². The Hall–Kier alpha value is -1.63. The Labute approximate surface area is 112 Å². The summed E-state index contributed by atoms with van der Waals surface area (Å²) in [7, 11) is 0. The van der Waals surface area contributed by atoms with Gasteiger partial charge in [-0.25, -0.2) is 0 Å². The zero-order valence-corrected chi connectivity index (χ0v) is 11.3. The summed E-state index contributed by atoms with van der Waals surface area (Å²) in [5, 5.41) is 8.60. The van der Waals surface area contributed by atoms with Crippen molar-refractivity contribution in [2.24, 2.45) is 11.7 Å². The van der Waals surface area contributed by atoms with Crippen LogP contribution in [0.5, 0.6) is 0 Å². The number of hydrogen-bond acceptors (Lipinski definition) is 4. The predicted octanol–water partition coefficient (Wildman–Crippen LogP) is -0.885. The molecule has 7 heteroatoms. The van der Waals surface area contributed by atoms with Crippen LogP contribution in [0, 0.1) is 5.92 Å². The van der Waals surface area contributed by atoms with Crippen LogP contribution in [0.1, 0.15) is 20.3 Å². The van der Waals surface area contributed by atoms with E-state index in [-0.39, 0.29) is 24.2 Å². The Bertz CT molecular complexity index is 362. The summed E-state index contributed by atoms with van der Waals surface area (Å²) in [6.45, 7) is 5.44. The monoisotopic (exact) mass is 271 g/mol. The van der Waals surface area contributed by atoms with E-state index in [0.717, 1.165) is 0 Å². The van der Waals surface area contributed by atoms with Crippen LogP contribution in [0.25, 0.3) is 0 Å². The molecule has 0 radical (unpaired) electrons. The maximum Gasteiger partial charge on any atom is 0.305 e. The highest BCUT2D eigenvalue weighted by molar-refractivity contribution is 5.86. The Balaban J connectivity index is 2.47. The van der Waals surface area contributed by atoms with Crippen LogP contribution in [0.2, 0.25) is 0 Å². The third-order valence-corrected chi connectivity index (χ3v) is 3.11. The fourth-order valence-corrected chi connectivity index (χ4v) is 2.02. The highest BCUT2D eigenvalue weighted by Crippen LogP contribution is 2.08. The van der Waals surface area contributed by atoms with E-state index < -0.39 is 12.0 Å². The summed E-state index contributed by atoms with van der Waals surface area (Å²) < 4.78 is 0. The van der Waals surface area contributed by atoms with Gasteiger partial charge in [0.25, 0.3) is 0 Å². The quantitative estimate of drug-likeness (QED) is 0.690. The second-order valence-corrected chi connectivity index (χ2v) is 5.01. The summed E-state index contributed by atoms with van der Waals surface area (Å²) in [6, 6.07) is -1.01. The van der Waals surface area contributed by atoms with Gasteiger partial charge in [-0.3, -0.25) is 14.4 Å². The summed E-state index contributed by atoms with van der Waals surface area (Å²) in [6.07, 6.45) is -0.371. The number of hydrogen-bond donors (Lipinski definition) is 2. The van der Waals surface area contributed by atoms with Crippen LogP contribution in [0.4, 0.5) is 0 Å². The van der Waals surface area contributed by atoms with Gasteiger partial charge < -0.3 is 20.6 Å². The first-order chi connectivity index (χ1) is 8.82. The molecule has 2 amide bonds. The second-order valence-electron chi connectivity index (χ2n) is 5.01. The van der Waals surface area contributed by atoms with E-state index in [9.17, 15) is 14.4 Å². The lowest BCUT2D eigenvalue weighted by Crippen LogP contribution is -2.55. The van der Waals surface area contributed by atoms with Crippen LogP contribution >= 0.6 is 0 Å². The second kappa shape index (κ2) is 6.51. The number of carbonyl (C=O) groups excluding carboxylic acids is 2. The lowest BCUT2D eigenvalue weighted by atomic mass is 10.1. The Kier molecular flexibility index (Phi) is 5.29. The molecule has 0 aliphatic carbocycles. The lowest BCUT2D eigenvalue weighted by Gasteiger charge is -2.36. The summed E-state index contributed by atoms with van der Waals surface area (Å²) >= 11 is 0. The Morgan fingerprint density at radius 2 is 1.47 bits per heavy atom. The minimum atomic E-state index is -1.09. The van der Waals surface area contributed by atoms with Crippen molar-refractivity contribution in [3.63, 3.8) is 0 Å². The highest BCUT2D eigenvalue weighted by Gasteiger charge is 2.28. The minimum Gasteiger partial charge on any atom is -0.481 e. The Morgan fingerprint density at radius 1 is 1.05 bits per heavy atom. The molecule has 1 saturated heterocycles. The van der Waals surface area contributed by atoms with Crippen LogP contribution < -0.4 is 5.73 Å². The van der Waals surface area contributed by atoms with E-state index in [1.165, 1.54) is 4.90 Å². The van der Waals surface area contributed by atoms with Gasteiger partial charge in [-0.15, -0.1) is 0 Å². The van der Waals surface area contributed by atoms with Crippen molar-refractivity contribution in [2.45, 2.75) is 26.3 Å². The summed E-state index contributed by atoms with van der Waals surface area (Å²) in [5.74, 6) is -1.44. The van der Waals surface area contributed by atoms with Crippen LogP contribution in [-0.2, 0) is 14.4 Å². The average Bonchev–Trinajstić information content (AvgIpc) is 2.36. The summed E-state index contributed by atoms with van der Waals surface area (Å²) in [4.78, 5) is 37.4. The number of carboxylic acids is 1. The van der Waals surface area contributed by atoms with Crippen molar-refractivity contribution in [1.29, 1.82) is 0 Å². The van der Waals surface area contributed by atoms with Gasteiger partial charge in [0.05, 0.1) is 12.5 Å². The number of piperazine rings is 1. The van der Waals surface area contributed by atoms with Crippen molar-refractivity contribution in [3.8, 4) is 0 Å². The van der Waals surface area contributed by atoms with Crippen LogP contribution in [0.15, 0.2) is 0 Å². The fraction of sp³-hybridized carbons (Fsp3) is 0.750. The van der Waals surface area contributed by atoms with Crippen molar-refractivity contribution in [3.05, 3.63) is 0 Å². The number of carboxylic acid groups (broad SMARTS) is 1. The van der Waals surface area contributed by atoms with Crippen molar-refractivity contribution >= 4 is 17.8 Å². The summed E-state index contributed by atoms with van der Waals surface area (Å²) in [5.41, 5.74) is 5.54. The van der Waals surface area contributed by atoms with Gasteiger partial charge in [-0.2, -0.15) is 0 Å². The maximum atomic E-state index is 11.9. The van der Waals surface area contributed by atoms with E-state index in [1.807, 2.05) is 13.8 Å². The predicted molar refractivity (Wildman–Crippen MR) is 68.2 cm³/mol. The van der Waals surface area contributed by atoms with Gasteiger partial charge in [-0.05, 0) is 0 Å². The van der Waals surface area contributed by atoms with Gasteiger partial charge in [0.2, 0.25) is 11.8 Å². The van der Waals surface area contributed by atoms with E-state index in [2.05, 4.69) is 0 Å². The maximum absolute atomic E-state index is 11.9. The number of rotatable bonds is 4. The van der Waals surface area contributed by atoms with Crippen molar-refractivity contribution in [2.75, 3.05) is 26.2 Å². The number of amides is 2. The van der Waals surface area contributed by atoms with E-state index in [4.69, 9.17) is 10.8 Å². The first-order valence-electron chi connectivity index (χ1n) is 6.38. The molecule has 3 N–H and O–H groups in total. The fourth-order valence-electron chi connectivity index (χ4n) is 2.02. The third-order valence-electron chi connectivity index (χ3n) is 3.11. The first kappa shape index (κ1) is 15.4. The lowest BCUT2D eigenvalue weighted by molar-refractivity contribution is -0.144. The highest BCUT2D eigenvalue weighted by atomic mass is 16.4. The van der Waals surface area contributed by atoms with E-state index in [1.54, 1.807) is 4.90 Å². The molecule has 7 nitrogen and oxygen atoms in total. The van der Waals surface area contributed by atoms with Gasteiger partial charge in [0, 0.05) is 32.1 Å². The molecular formula is C12H21N3O4. The smallest absolute Gasteiger partial charge is 0.305 e. The molecule has 0 aromatic heterocycles. The zero-order valence-electron chi connectivity index (χ0n) is 11.3. The van der Waals surface area contributed by atoms with E-state index in [0.29, 0.717) is 26.2 Å². The van der Waals surface area contributed by atoms with Crippen LogP contribution in [-0.4, -0.2) is 64.9 Å². The molecule has 1 aliphatic rings. The molecule has 1 heterocycles. The number of nitrogens with two attached hydrogens (primary N) is 1. The molecule has 0 bridgehead atoms. The van der Waals surface area contributed by atoms with Gasteiger partial charge in [0.1, 0.15) is 0 Å². The van der Waals surface area contributed by atoms with E-state index >= 15 is 0 Å². The normalized spacial score (nSPS) is 17.5. The molecule has 1 unspecified atom stereocenters. The van der Waals surface area contributed by atoms with Gasteiger partial charge >= 0.3 is 5.97 Å². The molecule has 1 aliphatic heterocycles. The molecule has 1 rings (SSSR count). The number of carbonyl (C=O) groups is 3. The zero-order chi connectivity index (χ0) is 14.6.